The number of aromatic nitrogens is 1. The van der Waals surface area contributed by atoms with Crippen molar-refractivity contribution >= 4 is 38.1 Å². The number of anilines is 2. The summed E-state index contributed by atoms with van der Waals surface area (Å²) in [4.78, 5) is 18.4. The van der Waals surface area contributed by atoms with Crippen LogP contribution in [0.3, 0.4) is 0 Å². The summed E-state index contributed by atoms with van der Waals surface area (Å²) >= 11 is 1.16. The third-order valence-electron chi connectivity index (χ3n) is 5.03. The number of carbonyl (C=O) groups is 1. The topological polar surface area (TPSA) is 107 Å². The Balaban J connectivity index is 1.61. The van der Waals surface area contributed by atoms with Crippen LogP contribution in [0.25, 0.3) is 11.3 Å². The predicted octanol–water partition coefficient (Wildman–Crippen LogP) is 3.76. The molecule has 0 bridgehead atoms. The number of rotatable bonds is 8. The predicted molar refractivity (Wildman–Crippen MR) is 126 cm³/mol. The molecular weight excluding hydrogens is 466 g/mol. The molecule has 4 rings (SSSR count). The second-order valence-electron chi connectivity index (χ2n) is 7.18. The molecule has 1 amide bonds. The second-order valence-corrected chi connectivity index (χ2v) is 9.69. The number of hydrogen-bond acceptors (Lipinski definition) is 8. The minimum atomic E-state index is -3.94. The minimum absolute atomic E-state index is 0.0177. The van der Waals surface area contributed by atoms with Crippen molar-refractivity contribution in [2.75, 3.05) is 37.0 Å². The van der Waals surface area contributed by atoms with Gasteiger partial charge < -0.3 is 19.1 Å². The largest absolute Gasteiger partial charge is 0.497 e. The van der Waals surface area contributed by atoms with E-state index in [1.807, 2.05) is 19.1 Å². The van der Waals surface area contributed by atoms with Crippen LogP contribution in [0, 0.1) is 0 Å². The number of thiazole rings is 1. The zero-order valence-corrected chi connectivity index (χ0v) is 20.0. The first-order valence-electron chi connectivity index (χ1n) is 10.1. The summed E-state index contributed by atoms with van der Waals surface area (Å²) in [6.07, 6.45) is 0.812. The molecule has 174 valence electrons. The lowest BCUT2D eigenvalue weighted by molar-refractivity contribution is -0.121. The number of benzene rings is 2. The molecule has 0 saturated heterocycles. The van der Waals surface area contributed by atoms with Gasteiger partial charge in [-0.2, -0.15) is 0 Å². The highest BCUT2D eigenvalue weighted by molar-refractivity contribution is 7.93. The van der Waals surface area contributed by atoms with Gasteiger partial charge in [-0.25, -0.2) is 13.4 Å². The third kappa shape index (κ3) is 4.60. The Labute approximate surface area is 196 Å². The summed E-state index contributed by atoms with van der Waals surface area (Å²) in [6, 6.07) is 9.92. The van der Waals surface area contributed by atoms with Gasteiger partial charge in [0.05, 0.1) is 25.6 Å². The number of hydrogen-bond donors (Lipinski definition) is 1. The number of ether oxygens (including phenoxy) is 3. The number of carbonyl (C=O) groups excluding carboxylic acids is 1. The number of methoxy groups -OCH3 is 2. The Bertz CT molecular complexity index is 1290. The number of sulfonamides is 1. The van der Waals surface area contributed by atoms with E-state index in [1.54, 1.807) is 22.4 Å². The summed E-state index contributed by atoms with van der Waals surface area (Å²) < 4.78 is 44.3. The van der Waals surface area contributed by atoms with Gasteiger partial charge in [0.15, 0.2) is 11.7 Å². The average Bonchev–Trinajstić information content (AvgIpc) is 3.27. The van der Waals surface area contributed by atoms with Gasteiger partial charge in [0, 0.05) is 23.6 Å². The molecule has 2 aromatic carbocycles. The number of fused-ring (bicyclic) bond motifs is 1. The van der Waals surface area contributed by atoms with E-state index >= 15 is 0 Å². The maximum absolute atomic E-state index is 12.9. The summed E-state index contributed by atoms with van der Waals surface area (Å²) in [7, 11) is -1.06. The molecule has 9 nitrogen and oxygen atoms in total. The molecule has 2 heterocycles. The molecule has 0 unspecified atom stereocenters. The van der Waals surface area contributed by atoms with Crippen LogP contribution in [0.1, 0.15) is 13.3 Å². The van der Waals surface area contributed by atoms with Crippen molar-refractivity contribution in [3.05, 3.63) is 41.8 Å². The molecule has 0 radical (unpaired) electrons. The van der Waals surface area contributed by atoms with Crippen molar-refractivity contribution in [1.82, 2.24) is 4.98 Å². The first-order valence-corrected chi connectivity index (χ1v) is 12.5. The third-order valence-corrected chi connectivity index (χ3v) is 7.30. The molecule has 1 aromatic heterocycles. The normalized spacial score (nSPS) is 13.3. The quantitative estimate of drug-likeness (QED) is 0.513. The van der Waals surface area contributed by atoms with E-state index in [0.29, 0.717) is 29.4 Å². The fourth-order valence-corrected chi connectivity index (χ4v) is 5.57. The Morgan fingerprint density at radius 1 is 1.18 bits per heavy atom. The second kappa shape index (κ2) is 9.28. The lowest BCUT2D eigenvalue weighted by Crippen LogP contribution is -2.39. The first kappa shape index (κ1) is 22.9. The first-order chi connectivity index (χ1) is 15.9. The summed E-state index contributed by atoms with van der Waals surface area (Å²) in [5, 5.41) is 1.96. The molecule has 0 saturated carbocycles. The standard InChI is InChI=1S/C22H23N3O6S2/c1-4-9-25-17-10-14(5-7-18(17)31-12-21(25)26)16-13-32-22(23-16)24-33(27,28)20-8-6-15(29-2)11-19(20)30-3/h5-8,10-11,13H,4,9,12H2,1-3H3,(H,23,24). The molecule has 1 aliphatic heterocycles. The SMILES string of the molecule is CCCN1C(=O)COc2ccc(-c3csc(NS(=O)(=O)c4ccc(OC)cc4OC)n3)cc21. The molecule has 3 aromatic rings. The van der Waals surface area contributed by atoms with Crippen LogP contribution in [0.15, 0.2) is 46.7 Å². The van der Waals surface area contributed by atoms with Crippen LogP contribution in [0.4, 0.5) is 10.8 Å². The number of amides is 1. The summed E-state index contributed by atoms with van der Waals surface area (Å²) in [5.41, 5.74) is 2.01. The highest BCUT2D eigenvalue weighted by Crippen LogP contribution is 2.37. The van der Waals surface area contributed by atoms with Gasteiger partial charge in [0.1, 0.15) is 22.1 Å². The van der Waals surface area contributed by atoms with Crippen LogP contribution in [0.5, 0.6) is 17.2 Å². The molecule has 33 heavy (non-hydrogen) atoms. The van der Waals surface area contributed by atoms with Gasteiger partial charge in [-0.05, 0) is 36.8 Å². The van der Waals surface area contributed by atoms with E-state index in [4.69, 9.17) is 14.2 Å². The molecular formula is C22H23N3O6S2. The van der Waals surface area contributed by atoms with Crippen LogP contribution in [0.2, 0.25) is 0 Å². The zero-order chi connectivity index (χ0) is 23.6. The maximum atomic E-state index is 12.9. The summed E-state index contributed by atoms with van der Waals surface area (Å²) in [5.74, 6) is 1.18. The van der Waals surface area contributed by atoms with E-state index in [2.05, 4.69) is 9.71 Å². The number of nitrogens with one attached hydrogen (secondary N) is 1. The van der Waals surface area contributed by atoms with Gasteiger partial charge in [0.25, 0.3) is 15.9 Å². The van der Waals surface area contributed by atoms with E-state index in [0.717, 1.165) is 23.3 Å². The molecule has 0 aliphatic carbocycles. The number of nitrogens with zero attached hydrogens (tertiary/aromatic N) is 2. The van der Waals surface area contributed by atoms with Crippen LogP contribution >= 0.6 is 11.3 Å². The van der Waals surface area contributed by atoms with E-state index < -0.39 is 10.0 Å². The Hall–Kier alpha value is -3.31. The lowest BCUT2D eigenvalue weighted by Gasteiger charge is -2.29. The fourth-order valence-electron chi connectivity index (χ4n) is 3.45. The van der Waals surface area contributed by atoms with E-state index in [1.165, 1.54) is 26.4 Å². The van der Waals surface area contributed by atoms with Crippen molar-refractivity contribution in [2.24, 2.45) is 0 Å². The van der Waals surface area contributed by atoms with Gasteiger partial charge in [-0.1, -0.05) is 6.92 Å². The highest BCUT2D eigenvalue weighted by Gasteiger charge is 2.26. The van der Waals surface area contributed by atoms with Gasteiger partial charge in [-0.15, -0.1) is 11.3 Å². The average molecular weight is 490 g/mol. The molecule has 0 fully saturated rings. The molecule has 11 heteroatoms. The Morgan fingerprint density at radius 2 is 2.00 bits per heavy atom. The molecule has 1 N–H and O–H groups in total. The van der Waals surface area contributed by atoms with Crippen molar-refractivity contribution < 1.29 is 27.4 Å². The van der Waals surface area contributed by atoms with Gasteiger partial charge in [-0.3, -0.25) is 9.52 Å². The minimum Gasteiger partial charge on any atom is -0.497 e. The smallest absolute Gasteiger partial charge is 0.267 e. The zero-order valence-electron chi connectivity index (χ0n) is 18.3. The van der Waals surface area contributed by atoms with Gasteiger partial charge >= 0.3 is 0 Å². The fraction of sp³-hybridized carbons (Fsp3) is 0.273. The van der Waals surface area contributed by atoms with E-state index in [-0.39, 0.29) is 28.3 Å². The van der Waals surface area contributed by atoms with Crippen LogP contribution in [-0.4, -0.2) is 46.7 Å². The molecule has 1 aliphatic rings. The van der Waals surface area contributed by atoms with Crippen molar-refractivity contribution in [3.63, 3.8) is 0 Å². The van der Waals surface area contributed by atoms with Crippen molar-refractivity contribution in [1.29, 1.82) is 0 Å². The molecule has 0 atom stereocenters. The Morgan fingerprint density at radius 3 is 2.73 bits per heavy atom. The van der Waals surface area contributed by atoms with Crippen LogP contribution < -0.4 is 23.8 Å². The Kier molecular flexibility index (Phi) is 6.43. The van der Waals surface area contributed by atoms with Crippen LogP contribution in [-0.2, 0) is 14.8 Å². The highest BCUT2D eigenvalue weighted by atomic mass is 32.2. The monoisotopic (exact) mass is 489 g/mol. The van der Waals surface area contributed by atoms with Crippen molar-refractivity contribution in [3.8, 4) is 28.5 Å². The lowest BCUT2D eigenvalue weighted by atomic mass is 10.1. The molecule has 0 spiro atoms. The van der Waals surface area contributed by atoms with E-state index in [9.17, 15) is 13.2 Å². The van der Waals surface area contributed by atoms with Crippen molar-refractivity contribution in [2.45, 2.75) is 18.2 Å². The van der Waals surface area contributed by atoms with Gasteiger partial charge in [0.2, 0.25) is 0 Å². The maximum Gasteiger partial charge on any atom is 0.267 e. The summed E-state index contributed by atoms with van der Waals surface area (Å²) in [6.45, 7) is 2.61.